The number of nitrogens with one attached hydrogen (secondary N) is 1. The molecule has 0 saturated carbocycles. The Morgan fingerprint density at radius 3 is 2.55 bits per heavy atom. The van der Waals surface area contributed by atoms with E-state index >= 15 is 0 Å². The number of aryl methyl sites for hydroxylation is 2. The molecule has 1 atom stereocenters. The SMILES string of the molecule is Cc1ccc([C@H]2C3=C(COC3=O)Nc3ccc(C)cc32)cc1. The van der Waals surface area contributed by atoms with Gasteiger partial charge in [-0.3, -0.25) is 0 Å². The molecule has 2 heterocycles. The topological polar surface area (TPSA) is 38.3 Å². The molecule has 0 radical (unpaired) electrons. The van der Waals surface area contributed by atoms with Gasteiger partial charge in [-0.15, -0.1) is 0 Å². The third-order valence-electron chi connectivity index (χ3n) is 4.40. The van der Waals surface area contributed by atoms with Crippen molar-refractivity contribution in [2.75, 3.05) is 11.9 Å². The molecule has 0 aromatic heterocycles. The van der Waals surface area contributed by atoms with E-state index in [9.17, 15) is 4.79 Å². The summed E-state index contributed by atoms with van der Waals surface area (Å²) in [7, 11) is 0. The van der Waals surface area contributed by atoms with Gasteiger partial charge in [-0.1, -0.05) is 47.5 Å². The monoisotopic (exact) mass is 291 g/mol. The van der Waals surface area contributed by atoms with Gasteiger partial charge < -0.3 is 10.1 Å². The average Bonchev–Trinajstić information content (AvgIpc) is 2.87. The zero-order valence-electron chi connectivity index (χ0n) is 12.6. The van der Waals surface area contributed by atoms with Gasteiger partial charge in [-0.2, -0.15) is 0 Å². The fourth-order valence-electron chi connectivity index (χ4n) is 3.27. The highest BCUT2D eigenvalue weighted by molar-refractivity contribution is 5.97. The van der Waals surface area contributed by atoms with Crippen LogP contribution >= 0.6 is 0 Å². The summed E-state index contributed by atoms with van der Waals surface area (Å²) in [5.41, 5.74) is 7.38. The highest BCUT2D eigenvalue weighted by atomic mass is 16.5. The van der Waals surface area contributed by atoms with Gasteiger partial charge in [0.05, 0.1) is 11.3 Å². The Bertz CT molecular complexity index is 803. The second-order valence-corrected chi connectivity index (χ2v) is 6.03. The average molecular weight is 291 g/mol. The number of hydrogen-bond donors (Lipinski definition) is 1. The summed E-state index contributed by atoms with van der Waals surface area (Å²) in [6, 6.07) is 14.7. The summed E-state index contributed by atoms with van der Waals surface area (Å²) < 4.78 is 5.26. The van der Waals surface area contributed by atoms with E-state index in [2.05, 4.69) is 61.6 Å². The van der Waals surface area contributed by atoms with Crippen molar-refractivity contribution in [1.29, 1.82) is 0 Å². The summed E-state index contributed by atoms with van der Waals surface area (Å²) in [6.07, 6.45) is 0. The number of cyclic esters (lactones) is 1. The summed E-state index contributed by atoms with van der Waals surface area (Å²) >= 11 is 0. The lowest BCUT2D eigenvalue weighted by atomic mass is 9.80. The van der Waals surface area contributed by atoms with Gasteiger partial charge in [0.15, 0.2) is 0 Å². The molecule has 22 heavy (non-hydrogen) atoms. The molecule has 4 rings (SSSR count). The second-order valence-electron chi connectivity index (χ2n) is 6.03. The van der Waals surface area contributed by atoms with E-state index in [0.29, 0.717) is 6.61 Å². The minimum atomic E-state index is -0.208. The van der Waals surface area contributed by atoms with E-state index in [1.807, 2.05) is 0 Å². The molecule has 0 amide bonds. The molecule has 0 saturated heterocycles. The Morgan fingerprint density at radius 1 is 1.05 bits per heavy atom. The minimum absolute atomic E-state index is 0.0539. The third-order valence-corrected chi connectivity index (χ3v) is 4.40. The highest BCUT2D eigenvalue weighted by Crippen LogP contribution is 2.44. The molecule has 2 aliphatic rings. The lowest BCUT2D eigenvalue weighted by molar-refractivity contribution is -0.136. The summed E-state index contributed by atoms with van der Waals surface area (Å²) in [5.74, 6) is -0.262. The molecule has 0 fully saturated rings. The van der Waals surface area contributed by atoms with Crippen LogP contribution in [0.15, 0.2) is 53.7 Å². The predicted molar refractivity (Wildman–Crippen MR) is 85.8 cm³/mol. The molecule has 2 aliphatic heterocycles. The van der Waals surface area contributed by atoms with Gasteiger partial charge in [0, 0.05) is 11.6 Å². The van der Waals surface area contributed by atoms with Crippen molar-refractivity contribution in [2.45, 2.75) is 19.8 Å². The van der Waals surface area contributed by atoms with Gasteiger partial charge in [-0.25, -0.2) is 4.79 Å². The van der Waals surface area contributed by atoms with E-state index in [1.54, 1.807) is 0 Å². The number of rotatable bonds is 1. The van der Waals surface area contributed by atoms with Crippen LogP contribution in [0, 0.1) is 13.8 Å². The van der Waals surface area contributed by atoms with Crippen molar-refractivity contribution < 1.29 is 9.53 Å². The van der Waals surface area contributed by atoms with Crippen LogP contribution in [0.4, 0.5) is 5.69 Å². The molecule has 110 valence electrons. The first-order valence-electron chi connectivity index (χ1n) is 7.48. The Kier molecular flexibility index (Phi) is 2.83. The van der Waals surface area contributed by atoms with Gasteiger partial charge in [0.2, 0.25) is 0 Å². The van der Waals surface area contributed by atoms with E-state index in [-0.39, 0.29) is 11.9 Å². The zero-order valence-corrected chi connectivity index (χ0v) is 12.6. The standard InChI is InChI=1S/C19H17NO2/c1-11-3-6-13(7-4-11)17-14-9-12(2)5-8-15(14)20-16-10-22-19(21)18(16)17/h3-9,17,20H,10H2,1-2H3/t17-/m1/s1. The van der Waals surface area contributed by atoms with Crippen molar-refractivity contribution in [3.8, 4) is 0 Å². The molecule has 0 bridgehead atoms. The summed E-state index contributed by atoms with van der Waals surface area (Å²) in [6.45, 7) is 4.48. The largest absolute Gasteiger partial charge is 0.456 e. The molecule has 0 aliphatic carbocycles. The van der Waals surface area contributed by atoms with E-state index < -0.39 is 0 Å². The maximum absolute atomic E-state index is 12.2. The number of hydrogen-bond acceptors (Lipinski definition) is 3. The van der Waals surface area contributed by atoms with Crippen LogP contribution in [0.3, 0.4) is 0 Å². The van der Waals surface area contributed by atoms with Crippen LogP contribution in [-0.2, 0) is 9.53 Å². The Labute approximate surface area is 129 Å². The first-order valence-corrected chi connectivity index (χ1v) is 7.48. The van der Waals surface area contributed by atoms with Crippen LogP contribution in [0.5, 0.6) is 0 Å². The molecule has 2 aromatic rings. The minimum Gasteiger partial charge on any atom is -0.456 e. The highest BCUT2D eigenvalue weighted by Gasteiger charge is 2.38. The van der Waals surface area contributed by atoms with Crippen LogP contribution in [0.25, 0.3) is 0 Å². The smallest absolute Gasteiger partial charge is 0.337 e. The van der Waals surface area contributed by atoms with Crippen LogP contribution in [-0.4, -0.2) is 12.6 Å². The second kappa shape index (κ2) is 4.73. The van der Waals surface area contributed by atoms with Crippen LogP contribution < -0.4 is 5.32 Å². The van der Waals surface area contributed by atoms with Crippen molar-refractivity contribution in [2.24, 2.45) is 0 Å². The number of carbonyl (C=O) groups excluding carboxylic acids is 1. The molecule has 0 spiro atoms. The van der Waals surface area contributed by atoms with Crippen LogP contribution in [0.1, 0.15) is 28.2 Å². The Balaban J connectivity index is 1.94. The predicted octanol–water partition coefficient (Wildman–Crippen LogP) is 3.67. The zero-order chi connectivity index (χ0) is 15.3. The molecule has 2 aromatic carbocycles. The van der Waals surface area contributed by atoms with Crippen LogP contribution in [0.2, 0.25) is 0 Å². The first-order chi connectivity index (χ1) is 10.6. The summed E-state index contributed by atoms with van der Waals surface area (Å²) in [5, 5.41) is 3.36. The van der Waals surface area contributed by atoms with Gasteiger partial charge >= 0.3 is 5.97 Å². The maximum atomic E-state index is 12.2. The van der Waals surface area contributed by atoms with Crippen molar-refractivity contribution in [3.63, 3.8) is 0 Å². The number of ether oxygens (including phenoxy) is 1. The third kappa shape index (κ3) is 1.93. The van der Waals surface area contributed by atoms with E-state index in [4.69, 9.17) is 4.74 Å². The summed E-state index contributed by atoms with van der Waals surface area (Å²) in [4.78, 5) is 12.2. The number of esters is 1. The molecule has 3 heteroatoms. The number of anilines is 1. The first kappa shape index (κ1) is 13.1. The van der Waals surface area contributed by atoms with Gasteiger partial charge in [0.1, 0.15) is 6.61 Å². The Hall–Kier alpha value is -2.55. The maximum Gasteiger partial charge on any atom is 0.337 e. The molecule has 3 nitrogen and oxygen atoms in total. The number of benzene rings is 2. The Morgan fingerprint density at radius 2 is 1.77 bits per heavy atom. The fourth-order valence-corrected chi connectivity index (χ4v) is 3.27. The van der Waals surface area contributed by atoms with Crippen molar-refractivity contribution >= 4 is 11.7 Å². The molecule has 1 N–H and O–H groups in total. The lowest BCUT2D eigenvalue weighted by Crippen LogP contribution is -2.20. The quantitative estimate of drug-likeness (QED) is 0.815. The number of carbonyl (C=O) groups is 1. The van der Waals surface area contributed by atoms with Crippen molar-refractivity contribution in [3.05, 3.63) is 76.0 Å². The molecular weight excluding hydrogens is 274 g/mol. The number of fused-ring (bicyclic) bond motifs is 1. The van der Waals surface area contributed by atoms with E-state index in [0.717, 1.165) is 28.1 Å². The lowest BCUT2D eigenvalue weighted by Gasteiger charge is -2.27. The fraction of sp³-hybridized carbons (Fsp3) is 0.211. The van der Waals surface area contributed by atoms with Gasteiger partial charge in [0.25, 0.3) is 0 Å². The van der Waals surface area contributed by atoms with Gasteiger partial charge in [-0.05, 0) is 31.0 Å². The normalized spacial score (nSPS) is 19.4. The molecule has 0 unspecified atom stereocenters. The van der Waals surface area contributed by atoms with Crippen molar-refractivity contribution in [1.82, 2.24) is 0 Å². The van der Waals surface area contributed by atoms with E-state index in [1.165, 1.54) is 11.1 Å². The molecular formula is C19H17NO2.